The van der Waals surface area contributed by atoms with E-state index in [0.717, 1.165) is 4.31 Å². The maximum atomic E-state index is 11.9. The van der Waals surface area contributed by atoms with Crippen LogP contribution in [0.3, 0.4) is 0 Å². The molecule has 0 aliphatic carbocycles. The molecule has 0 saturated carbocycles. The fourth-order valence-corrected chi connectivity index (χ4v) is 2.59. The Morgan fingerprint density at radius 2 is 1.90 bits per heavy atom. The molecule has 7 nitrogen and oxygen atoms in total. The summed E-state index contributed by atoms with van der Waals surface area (Å²) < 4.78 is 35.7. The molecule has 0 amide bonds. The van der Waals surface area contributed by atoms with Crippen LogP contribution < -0.4 is 0 Å². The molecule has 0 aliphatic heterocycles. The van der Waals surface area contributed by atoms with Crippen molar-refractivity contribution in [2.45, 2.75) is 18.1 Å². The van der Waals surface area contributed by atoms with E-state index >= 15 is 0 Å². The van der Waals surface area contributed by atoms with Crippen LogP contribution in [-0.2, 0) is 14.8 Å². The highest BCUT2D eigenvalue weighted by Crippen LogP contribution is 2.18. The van der Waals surface area contributed by atoms with Crippen molar-refractivity contribution in [2.75, 3.05) is 41.8 Å². The molecule has 21 heavy (non-hydrogen) atoms. The van der Waals surface area contributed by atoms with Crippen molar-refractivity contribution in [1.82, 2.24) is 4.31 Å². The molecule has 1 aromatic heterocycles. The average Bonchev–Trinajstić information content (AvgIpc) is 2.75. The van der Waals surface area contributed by atoms with Gasteiger partial charge in [0.25, 0.3) is 10.0 Å². The summed E-state index contributed by atoms with van der Waals surface area (Å²) in [6.07, 6.45) is -0.309. The van der Waals surface area contributed by atoms with Crippen LogP contribution in [0.25, 0.3) is 0 Å². The second kappa shape index (κ2) is 6.17. The molecule has 1 unspecified atom stereocenters. The minimum absolute atomic E-state index is 0.122. The van der Waals surface area contributed by atoms with Crippen LogP contribution in [0, 0.1) is 0 Å². The van der Waals surface area contributed by atoms with Crippen molar-refractivity contribution in [1.29, 1.82) is 0 Å². The Labute approximate surface area is 125 Å². The zero-order chi connectivity index (χ0) is 16.4. The molecule has 0 spiro atoms. The molecule has 0 N–H and O–H groups in total. The molecule has 1 atom stereocenters. The smallest absolute Gasteiger partial charge is 0.374 e. The number of ether oxygens (including phenoxy) is 1. The van der Waals surface area contributed by atoms with E-state index in [2.05, 4.69) is 0 Å². The number of sulfonamides is 1. The zero-order valence-electron chi connectivity index (χ0n) is 13.3. The summed E-state index contributed by atoms with van der Waals surface area (Å²) in [7, 11) is 5.04. The number of quaternary nitrogens is 1. The largest absolute Gasteiger partial charge is 0.451 e. The summed E-state index contributed by atoms with van der Waals surface area (Å²) >= 11 is 0. The highest BCUT2D eigenvalue weighted by molar-refractivity contribution is 7.88. The molecule has 0 radical (unpaired) electrons. The van der Waals surface area contributed by atoms with Gasteiger partial charge in [0.15, 0.2) is 0 Å². The van der Waals surface area contributed by atoms with Crippen molar-refractivity contribution in [2.24, 2.45) is 0 Å². The molecular formula is C13H23N2O5S+. The van der Waals surface area contributed by atoms with Crippen LogP contribution in [0.4, 0.5) is 0 Å². The number of furan rings is 1. The highest BCUT2D eigenvalue weighted by atomic mass is 32.2. The first kappa shape index (κ1) is 17.7. The summed E-state index contributed by atoms with van der Waals surface area (Å²) in [5, 5.41) is -0.279. The van der Waals surface area contributed by atoms with Crippen LogP contribution in [0.1, 0.15) is 17.5 Å². The van der Waals surface area contributed by atoms with E-state index in [9.17, 15) is 13.2 Å². The van der Waals surface area contributed by atoms with Crippen molar-refractivity contribution in [3.8, 4) is 0 Å². The Balaban J connectivity index is 2.80. The van der Waals surface area contributed by atoms with Crippen LogP contribution in [0.5, 0.6) is 0 Å². The number of rotatable bonds is 6. The lowest BCUT2D eigenvalue weighted by Gasteiger charge is -2.26. The third kappa shape index (κ3) is 4.83. The van der Waals surface area contributed by atoms with Gasteiger partial charge in [0.2, 0.25) is 10.9 Å². The molecule has 0 saturated heterocycles. The Hall–Kier alpha value is -1.38. The van der Waals surface area contributed by atoms with Gasteiger partial charge in [-0.2, -0.15) is 0 Å². The lowest BCUT2D eigenvalue weighted by Crippen LogP contribution is -2.41. The second-order valence-electron chi connectivity index (χ2n) is 6.09. The molecule has 0 bridgehead atoms. The Bertz CT molecular complexity index is 598. The molecule has 1 rings (SSSR count). The maximum absolute atomic E-state index is 11.9. The fraction of sp³-hybridized carbons (Fsp3) is 0.615. The number of carbonyl (C=O) groups excluding carboxylic acids is 1. The maximum Gasteiger partial charge on any atom is 0.374 e. The lowest BCUT2D eigenvalue weighted by atomic mass is 10.3. The lowest BCUT2D eigenvalue weighted by molar-refractivity contribution is -0.873. The molecule has 0 fully saturated rings. The van der Waals surface area contributed by atoms with Crippen LogP contribution in [0.2, 0.25) is 0 Å². The predicted octanol–water partition coefficient (Wildman–Crippen LogP) is 0.781. The van der Waals surface area contributed by atoms with E-state index in [4.69, 9.17) is 9.15 Å². The monoisotopic (exact) mass is 319 g/mol. The normalized spacial score (nSPS) is 14.2. The van der Waals surface area contributed by atoms with Crippen molar-refractivity contribution in [3.63, 3.8) is 0 Å². The zero-order valence-corrected chi connectivity index (χ0v) is 14.1. The van der Waals surface area contributed by atoms with E-state index in [1.54, 1.807) is 6.92 Å². The van der Waals surface area contributed by atoms with Gasteiger partial charge in [0.05, 0.1) is 21.1 Å². The Morgan fingerprint density at radius 3 is 2.38 bits per heavy atom. The first-order chi connectivity index (χ1) is 9.43. The van der Waals surface area contributed by atoms with Crippen LogP contribution >= 0.6 is 0 Å². The molecular weight excluding hydrogens is 296 g/mol. The fourth-order valence-electron chi connectivity index (χ4n) is 1.80. The molecule has 8 heteroatoms. The SMILES string of the molecule is CC(C[N+](C)(C)C)OC(=O)c1ccc(S(=O)(=O)N(C)C)o1. The third-order valence-electron chi connectivity index (χ3n) is 2.63. The van der Waals surface area contributed by atoms with Gasteiger partial charge in [0, 0.05) is 14.1 Å². The van der Waals surface area contributed by atoms with Crippen molar-refractivity contribution in [3.05, 3.63) is 17.9 Å². The van der Waals surface area contributed by atoms with E-state index in [-0.39, 0.29) is 17.0 Å². The second-order valence-corrected chi connectivity index (χ2v) is 8.18. The summed E-state index contributed by atoms with van der Waals surface area (Å²) in [5.74, 6) is -0.792. The average molecular weight is 319 g/mol. The summed E-state index contributed by atoms with van der Waals surface area (Å²) in [5.41, 5.74) is 0. The van der Waals surface area contributed by atoms with Gasteiger partial charge in [-0.15, -0.1) is 0 Å². The van der Waals surface area contributed by atoms with E-state index < -0.39 is 16.0 Å². The number of carbonyl (C=O) groups is 1. The number of hydrogen-bond acceptors (Lipinski definition) is 5. The molecule has 1 heterocycles. The number of nitrogens with zero attached hydrogens (tertiary/aromatic N) is 2. The first-order valence-electron chi connectivity index (χ1n) is 6.47. The van der Waals surface area contributed by atoms with E-state index in [1.807, 2.05) is 21.1 Å². The van der Waals surface area contributed by atoms with Gasteiger partial charge in [-0.25, -0.2) is 17.5 Å². The summed E-state index contributed by atoms with van der Waals surface area (Å²) in [6.45, 7) is 2.41. The molecule has 0 aromatic carbocycles. The van der Waals surface area contributed by atoms with Crippen LogP contribution in [0.15, 0.2) is 21.6 Å². The molecule has 0 aliphatic rings. The minimum Gasteiger partial charge on any atom is -0.451 e. The van der Waals surface area contributed by atoms with Gasteiger partial charge in [-0.1, -0.05) is 0 Å². The quantitative estimate of drug-likeness (QED) is 0.572. The predicted molar refractivity (Wildman–Crippen MR) is 77.4 cm³/mol. The van der Waals surface area contributed by atoms with Gasteiger partial charge in [-0.05, 0) is 19.1 Å². The van der Waals surface area contributed by atoms with E-state index in [1.165, 1.54) is 26.2 Å². The van der Waals surface area contributed by atoms with Crippen LogP contribution in [-0.4, -0.2) is 71.1 Å². The molecule has 120 valence electrons. The van der Waals surface area contributed by atoms with Crippen molar-refractivity contribution >= 4 is 16.0 Å². The summed E-state index contributed by atoms with van der Waals surface area (Å²) in [4.78, 5) is 11.9. The number of likely N-dealkylation sites (N-methyl/N-ethyl adjacent to an activating group) is 1. The Morgan fingerprint density at radius 1 is 1.33 bits per heavy atom. The highest BCUT2D eigenvalue weighted by Gasteiger charge is 2.25. The Kier molecular flexibility index (Phi) is 5.19. The summed E-state index contributed by atoms with van der Waals surface area (Å²) in [6, 6.07) is 2.55. The van der Waals surface area contributed by atoms with Gasteiger partial charge < -0.3 is 13.6 Å². The van der Waals surface area contributed by atoms with E-state index in [0.29, 0.717) is 11.0 Å². The first-order valence-corrected chi connectivity index (χ1v) is 7.91. The molecule has 1 aromatic rings. The standard InChI is InChI=1S/C13H23N2O5S/c1-10(9-15(4,5)6)19-13(16)11-7-8-12(20-11)21(17,18)14(2)3/h7-8,10H,9H2,1-6H3/q+1. The number of esters is 1. The van der Waals surface area contributed by atoms with Crippen molar-refractivity contribution < 1.29 is 26.8 Å². The van der Waals surface area contributed by atoms with Gasteiger partial charge in [-0.3, -0.25) is 0 Å². The third-order valence-corrected chi connectivity index (χ3v) is 4.32. The minimum atomic E-state index is -3.69. The number of hydrogen-bond donors (Lipinski definition) is 0. The van der Waals surface area contributed by atoms with Gasteiger partial charge >= 0.3 is 5.97 Å². The topological polar surface area (TPSA) is 76.8 Å². The van der Waals surface area contributed by atoms with Gasteiger partial charge in [0.1, 0.15) is 12.6 Å².